The molecule has 0 aliphatic carbocycles. The van der Waals surface area contributed by atoms with Crippen LogP contribution >= 0.6 is 11.6 Å². The normalized spacial score (nSPS) is 17.7. The highest BCUT2D eigenvalue weighted by molar-refractivity contribution is 6.30. The fraction of sp³-hybridized carbons (Fsp3) is 0.318. The number of halogens is 1. The molecule has 1 spiro atoms. The first-order valence-corrected chi connectivity index (χ1v) is 10.4. The Bertz CT molecular complexity index is 1150. The average molecular weight is 441 g/mol. The van der Waals surface area contributed by atoms with Gasteiger partial charge in [0.2, 0.25) is 5.88 Å². The lowest BCUT2D eigenvalue weighted by molar-refractivity contribution is 0.0316. The first kappa shape index (κ1) is 19.8. The van der Waals surface area contributed by atoms with Gasteiger partial charge in [-0.3, -0.25) is 4.90 Å². The van der Waals surface area contributed by atoms with E-state index in [1.807, 2.05) is 6.07 Å². The van der Waals surface area contributed by atoms with E-state index in [1.165, 1.54) is 6.33 Å². The van der Waals surface area contributed by atoms with Crippen LogP contribution in [0.4, 0.5) is 10.5 Å². The molecule has 0 atom stereocenters. The molecule has 9 heteroatoms. The molecule has 2 aliphatic rings. The van der Waals surface area contributed by atoms with Crippen LogP contribution in [0.15, 0.2) is 42.7 Å². The molecular formula is C22H21ClN4O4. The van der Waals surface area contributed by atoms with E-state index < -0.39 is 5.60 Å². The first-order valence-electron chi connectivity index (χ1n) is 10.0. The van der Waals surface area contributed by atoms with Gasteiger partial charge in [-0.05, 0) is 37.4 Å². The van der Waals surface area contributed by atoms with Crippen molar-refractivity contribution in [1.82, 2.24) is 15.3 Å². The number of rotatable bonds is 4. The highest BCUT2D eigenvalue weighted by atomic mass is 35.5. The lowest BCUT2D eigenvalue weighted by atomic mass is 9.92. The minimum absolute atomic E-state index is 0.361. The molecule has 8 nitrogen and oxygen atoms in total. The summed E-state index contributed by atoms with van der Waals surface area (Å²) in [7, 11) is 1.57. The number of carbonyl (C=O) groups is 1. The third-order valence-electron chi connectivity index (χ3n) is 5.69. The second-order valence-electron chi connectivity index (χ2n) is 7.67. The van der Waals surface area contributed by atoms with Crippen molar-refractivity contribution >= 4 is 34.3 Å². The fourth-order valence-corrected chi connectivity index (χ4v) is 4.28. The van der Waals surface area contributed by atoms with Crippen molar-refractivity contribution in [2.24, 2.45) is 0 Å². The second-order valence-corrected chi connectivity index (χ2v) is 8.10. The number of hydrogen-bond acceptors (Lipinski definition) is 7. The van der Waals surface area contributed by atoms with E-state index in [0.29, 0.717) is 45.5 Å². The predicted molar refractivity (Wildman–Crippen MR) is 116 cm³/mol. The van der Waals surface area contributed by atoms with Gasteiger partial charge in [-0.25, -0.2) is 14.8 Å². The van der Waals surface area contributed by atoms with E-state index in [2.05, 4.69) is 15.3 Å². The van der Waals surface area contributed by atoms with Crippen molar-refractivity contribution in [3.8, 4) is 17.4 Å². The molecular weight excluding hydrogens is 420 g/mol. The molecule has 160 valence electrons. The van der Waals surface area contributed by atoms with Crippen LogP contribution in [0, 0.1) is 0 Å². The molecule has 31 heavy (non-hydrogen) atoms. The molecule has 0 saturated carbocycles. The molecule has 3 heterocycles. The van der Waals surface area contributed by atoms with E-state index in [4.69, 9.17) is 25.8 Å². The van der Waals surface area contributed by atoms with Crippen molar-refractivity contribution in [2.75, 3.05) is 31.6 Å². The van der Waals surface area contributed by atoms with Gasteiger partial charge in [0, 0.05) is 23.9 Å². The number of ether oxygens (including phenoxy) is 3. The maximum absolute atomic E-state index is 12.8. The van der Waals surface area contributed by atoms with Gasteiger partial charge < -0.3 is 19.5 Å². The Morgan fingerprint density at radius 1 is 1.19 bits per heavy atom. The number of carbonyl (C=O) groups excluding carboxylic acids is 1. The van der Waals surface area contributed by atoms with Crippen molar-refractivity contribution in [1.29, 1.82) is 0 Å². The van der Waals surface area contributed by atoms with Crippen LogP contribution in [0.25, 0.3) is 10.9 Å². The zero-order valence-corrected chi connectivity index (χ0v) is 17.7. The average Bonchev–Trinajstić information content (AvgIpc) is 3.08. The molecule has 2 saturated heterocycles. The molecule has 2 fully saturated rings. The van der Waals surface area contributed by atoms with Gasteiger partial charge in [-0.15, -0.1) is 0 Å². The Morgan fingerprint density at radius 3 is 2.81 bits per heavy atom. The first-order chi connectivity index (χ1) is 15.1. The van der Waals surface area contributed by atoms with Crippen molar-refractivity contribution in [3.63, 3.8) is 0 Å². The quantitative estimate of drug-likeness (QED) is 0.651. The van der Waals surface area contributed by atoms with Crippen LogP contribution in [0.5, 0.6) is 17.4 Å². The lowest BCUT2D eigenvalue weighted by Crippen LogP contribution is -2.44. The maximum atomic E-state index is 12.8. The number of hydrogen-bond donors (Lipinski definition) is 1. The van der Waals surface area contributed by atoms with Gasteiger partial charge in [-0.2, -0.15) is 0 Å². The summed E-state index contributed by atoms with van der Waals surface area (Å²) in [5.41, 5.74) is 0.758. The minimum atomic E-state index is -0.477. The number of methoxy groups -OCH3 is 1. The summed E-state index contributed by atoms with van der Waals surface area (Å²) in [5, 5.41) is 4.52. The Labute approximate surface area is 184 Å². The van der Waals surface area contributed by atoms with E-state index in [9.17, 15) is 4.79 Å². The van der Waals surface area contributed by atoms with Crippen LogP contribution in [0.2, 0.25) is 5.02 Å². The Kier molecular flexibility index (Phi) is 5.03. The molecule has 2 aromatic carbocycles. The smallest absolute Gasteiger partial charge is 0.415 e. The van der Waals surface area contributed by atoms with Crippen LogP contribution in [0.3, 0.4) is 0 Å². The number of nitrogens with zero attached hydrogens (tertiary/aromatic N) is 3. The molecule has 0 bridgehead atoms. The van der Waals surface area contributed by atoms with Crippen LogP contribution in [-0.4, -0.2) is 48.4 Å². The zero-order chi connectivity index (χ0) is 21.4. The van der Waals surface area contributed by atoms with Crippen LogP contribution in [0.1, 0.15) is 12.8 Å². The highest BCUT2D eigenvalue weighted by Gasteiger charge is 2.47. The number of fused-ring (bicyclic) bond motifs is 1. The van der Waals surface area contributed by atoms with Gasteiger partial charge in [0.25, 0.3) is 0 Å². The number of aromatic nitrogens is 2. The Morgan fingerprint density at radius 2 is 2.03 bits per heavy atom. The molecule has 5 rings (SSSR count). The predicted octanol–water partition coefficient (Wildman–Crippen LogP) is 4.16. The van der Waals surface area contributed by atoms with Gasteiger partial charge in [0.15, 0.2) is 0 Å². The van der Waals surface area contributed by atoms with E-state index >= 15 is 0 Å². The summed E-state index contributed by atoms with van der Waals surface area (Å²) in [6.07, 6.45) is 2.60. The van der Waals surface area contributed by atoms with Crippen molar-refractivity contribution < 1.29 is 19.0 Å². The fourth-order valence-electron chi connectivity index (χ4n) is 4.10. The Balaban J connectivity index is 1.56. The Hall–Kier alpha value is -3.10. The number of amides is 1. The molecule has 2 aliphatic heterocycles. The maximum Gasteiger partial charge on any atom is 0.415 e. The van der Waals surface area contributed by atoms with E-state index in [1.54, 1.807) is 42.3 Å². The van der Waals surface area contributed by atoms with Gasteiger partial charge in [0.05, 0.1) is 30.2 Å². The van der Waals surface area contributed by atoms with Gasteiger partial charge in [-0.1, -0.05) is 17.7 Å². The molecule has 0 unspecified atom stereocenters. The number of nitrogens with one attached hydrogen (secondary N) is 1. The molecule has 1 aromatic heterocycles. The monoisotopic (exact) mass is 440 g/mol. The number of benzene rings is 2. The zero-order valence-electron chi connectivity index (χ0n) is 16.9. The minimum Gasteiger partial charge on any atom is -0.494 e. The molecule has 1 N–H and O–H groups in total. The largest absolute Gasteiger partial charge is 0.494 e. The third kappa shape index (κ3) is 3.73. The second kappa shape index (κ2) is 7.86. The van der Waals surface area contributed by atoms with Crippen LogP contribution < -0.4 is 19.7 Å². The topological polar surface area (TPSA) is 85.8 Å². The summed E-state index contributed by atoms with van der Waals surface area (Å²) >= 11 is 6.08. The lowest BCUT2D eigenvalue weighted by Gasteiger charge is -2.31. The number of piperidine rings is 1. The molecule has 3 aromatic rings. The van der Waals surface area contributed by atoms with Crippen LogP contribution in [-0.2, 0) is 4.74 Å². The van der Waals surface area contributed by atoms with Gasteiger partial charge >= 0.3 is 6.09 Å². The van der Waals surface area contributed by atoms with E-state index in [-0.39, 0.29) is 6.09 Å². The van der Waals surface area contributed by atoms with Gasteiger partial charge in [0.1, 0.15) is 23.4 Å². The molecule has 1 amide bonds. The standard InChI is InChI=1S/C22H21ClN4O4/c1-29-19-11-17-16(20(26-13-25-17)30-15-4-2-3-14(23)9-15)10-18(19)27-12-22(31-21(27)28)5-7-24-8-6-22/h2-4,9-11,13,24H,5-8,12H2,1H3. The summed E-state index contributed by atoms with van der Waals surface area (Å²) in [6, 6.07) is 10.7. The van der Waals surface area contributed by atoms with Crippen molar-refractivity contribution in [2.45, 2.75) is 18.4 Å². The molecule has 0 radical (unpaired) electrons. The summed E-state index contributed by atoms with van der Waals surface area (Å²) < 4.78 is 17.4. The number of anilines is 1. The summed E-state index contributed by atoms with van der Waals surface area (Å²) in [5.74, 6) is 1.45. The van der Waals surface area contributed by atoms with Crippen molar-refractivity contribution in [3.05, 3.63) is 47.7 Å². The van der Waals surface area contributed by atoms with E-state index in [0.717, 1.165) is 25.9 Å². The SMILES string of the molecule is COc1cc2ncnc(Oc3cccc(Cl)c3)c2cc1N1CC2(CCNCC2)OC1=O. The summed E-state index contributed by atoms with van der Waals surface area (Å²) in [6.45, 7) is 2.11. The summed E-state index contributed by atoms with van der Waals surface area (Å²) in [4.78, 5) is 23.1. The highest BCUT2D eigenvalue weighted by Crippen LogP contribution is 2.41. The third-order valence-corrected chi connectivity index (χ3v) is 5.92.